The van der Waals surface area contributed by atoms with Gasteiger partial charge in [-0.25, -0.2) is 0 Å². The maximum Gasteiger partial charge on any atom is 0.138 e. The summed E-state index contributed by atoms with van der Waals surface area (Å²) in [6.07, 6.45) is 3.91. The van der Waals surface area contributed by atoms with Crippen LogP contribution in [0.25, 0.3) is 0 Å². The summed E-state index contributed by atoms with van der Waals surface area (Å²) in [6.45, 7) is 3.53. The van der Waals surface area contributed by atoms with Crippen molar-refractivity contribution >= 4 is 23.2 Å². The Morgan fingerprint density at radius 1 is 1.50 bits per heavy atom. The minimum absolute atomic E-state index is 0.475. The molecule has 0 unspecified atom stereocenters. The molecule has 0 saturated heterocycles. The molecule has 0 nitrogen and oxygen atoms in total. The Labute approximate surface area is 59.5 Å². The van der Waals surface area contributed by atoms with Gasteiger partial charge in [0.25, 0.3) is 0 Å². The van der Waals surface area contributed by atoms with Gasteiger partial charge in [0.05, 0.1) is 0 Å². The first-order valence-electron chi connectivity index (χ1n) is 2.68. The van der Waals surface area contributed by atoms with Gasteiger partial charge in [-0.2, -0.15) is 0 Å². The van der Waals surface area contributed by atoms with Crippen LogP contribution in [-0.2, 0) is 0 Å². The van der Waals surface area contributed by atoms with Gasteiger partial charge in [0, 0.05) is 0 Å². The zero-order valence-corrected chi connectivity index (χ0v) is 6.04. The zero-order valence-electron chi connectivity index (χ0n) is 4.53. The lowest BCUT2D eigenvalue weighted by molar-refractivity contribution is 0.808. The van der Waals surface area contributed by atoms with Crippen LogP contribution in [0.5, 0.6) is 0 Å². The smallest absolute Gasteiger partial charge is 0.100 e. The topological polar surface area (TPSA) is 0 Å². The summed E-state index contributed by atoms with van der Waals surface area (Å²) in [5, 5.41) is 0. The van der Waals surface area contributed by atoms with E-state index in [0.29, 0.717) is 5.92 Å². The zero-order chi connectivity index (χ0) is 6.20. The molecule has 0 N–H and O–H groups in total. The second-order valence-electron chi connectivity index (χ2n) is 2.15. The van der Waals surface area contributed by atoms with Crippen LogP contribution in [0.3, 0.4) is 0 Å². The van der Waals surface area contributed by atoms with E-state index in [1.54, 1.807) is 6.08 Å². The highest BCUT2D eigenvalue weighted by Crippen LogP contribution is 2.47. The van der Waals surface area contributed by atoms with Gasteiger partial charge in [-0.05, 0) is 18.8 Å². The van der Waals surface area contributed by atoms with E-state index in [2.05, 4.69) is 6.58 Å². The van der Waals surface area contributed by atoms with E-state index < -0.39 is 4.33 Å². The van der Waals surface area contributed by atoms with Crippen molar-refractivity contribution in [2.24, 2.45) is 5.92 Å². The van der Waals surface area contributed by atoms with E-state index in [1.807, 2.05) is 0 Å². The Balaban J connectivity index is 2.49. The van der Waals surface area contributed by atoms with Gasteiger partial charge in [-0.3, -0.25) is 0 Å². The Hall–Kier alpha value is 0.320. The lowest BCUT2D eigenvalue weighted by Gasteiger charge is -2.10. The van der Waals surface area contributed by atoms with Crippen LogP contribution in [0.1, 0.15) is 12.8 Å². The first-order chi connectivity index (χ1) is 3.67. The molecule has 0 aromatic heterocycles. The fourth-order valence-corrected chi connectivity index (χ4v) is 1.07. The monoisotopic (exact) mass is 150 g/mol. The van der Waals surface area contributed by atoms with Crippen molar-refractivity contribution in [2.75, 3.05) is 0 Å². The molecule has 1 saturated carbocycles. The third-order valence-corrected chi connectivity index (χ3v) is 2.32. The van der Waals surface area contributed by atoms with Gasteiger partial charge in [-0.1, -0.05) is 29.3 Å². The molecule has 0 aromatic rings. The molecule has 1 fully saturated rings. The summed E-state index contributed by atoms with van der Waals surface area (Å²) in [4.78, 5) is 0. The third kappa shape index (κ3) is 1.18. The van der Waals surface area contributed by atoms with Crippen LogP contribution in [-0.4, -0.2) is 4.33 Å². The molecule has 0 bridgehead atoms. The molecule has 0 amide bonds. The minimum atomic E-state index is -0.639. The predicted octanol–water partition coefficient (Wildman–Crippen LogP) is 2.76. The van der Waals surface area contributed by atoms with Crippen molar-refractivity contribution in [1.29, 1.82) is 0 Å². The normalized spacial score (nSPS) is 20.8. The van der Waals surface area contributed by atoms with E-state index >= 15 is 0 Å². The molecule has 1 aliphatic carbocycles. The largest absolute Gasteiger partial charge is 0.138 e. The van der Waals surface area contributed by atoms with Gasteiger partial charge >= 0.3 is 0 Å². The van der Waals surface area contributed by atoms with Crippen LogP contribution in [0.4, 0.5) is 0 Å². The Morgan fingerprint density at radius 2 is 2.00 bits per heavy atom. The highest BCUT2D eigenvalue weighted by atomic mass is 35.5. The number of halogens is 2. The van der Waals surface area contributed by atoms with Crippen LogP contribution in [0, 0.1) is 5.92 Å². The second kappa shape index (κ2) is 1.93. The summed E-state index contributed by atoms with van der Waals surface area (Å²) in [7, 11) is 0. The van der Waals surface area contributed by atoms with Gasteiger partial charge in [0.2, 0.25) is 0 Å². The molecule has 0 radical (unpaired) electrons. The number of hydrogen-bond donors (Lipinski definition) is 0. The predicted molar refractivity (Wildman–Crippen MR) is 37.4 cm³/mol. The Bertz CT molecular complexity index is 103. The standard InChI is InChI=1S/C6H8Cl2/c1-2-6(7,8)5-3-4-5/h2,5H,1,3-4H2. The molecule has 46 valence electrons. The van der Waals surface area contributed by atoms with Crippen molar-refractivity contribution < 1.29 is 0 Å². The molecule has 0 heterocycles. The van der Waals surface area contributed by atoms with Crippen LogP contribution < -0.4 is 0 Å². The summed E-state index contributed by atoms with van der Waals surface area (Å²) >= 11 is 11.5. The molecule has 0 atom stereocenters. The lowest BCUT2D eigenvalue weighted by atomic mass is 10.3. The number of allylic oxidation sites excluding steroid dienone is 1. The first-order valence-corrected chi connectivity index (χ1v) is 3.44. The lowest BCUT2D eigenvalue weighted by Crippen LogP contribution is -2.09. The van der Waals surface area contributed by atoms with Gasteiger partial charge in [0.1, 0.15) is 4.33 Å². The molecule has 0 spiro atoms. The molecule has 8 heavy (non-hydrogen) atoms. The number of alkyl halides is 2. The molecule has 2 heteroatoms. The summed E-state index contributed by atoms with van der Waals surface area (Å²) < 4.78 is -0.639. The van der Waals surface area contributed by atoms with Crippen LogP contribution in [0.15, 0.2) is 12.7 Å². The van der Waals surface area contributed by atoms with Crippen molar-refractivity contribution in [3.63, 3.8) is 0 Å². The highest BCUT2D eigenvalue weighted by Gasteiger charge is 2.39. The van der Waals surface area contributed by atoms with Crippen molar-refractivity contribution in [2.45, 2.75) is 17.2 Å². The van der Waals surface area contributed by atoms with E-state index in [4.69, 9.17) is 23.2 Å². The Morgan fingerprint density at radius 3 is 2.12 bits per heavy atom. The van der Waals surface area contributed by atoms with E-state index in [-0.39, 0.29) is 0 Å². The molecule has 1 rings (SSSR count). The summed E-state index contributed by atoms with van der Waals surface area (Å²) in [6, 6.07) is 0. The second-order valence-corrected chi connectivity index (χ2v) is 3.60. The maximum absolute atomic E-state index is 5.77. The van der Waals surface area contributed by atoms with Gasteiger partial charge in [-0.15, -0.1) is 6.58 Å². The van der Waals surface area contributed by atoms with E-state index in [0.717, 1.165) is 12.8 Å². The Kier molecular flexibility index (Phi) is 1.55. The van der Waals surface area contributed by atoms with E-state index in [1.165, 1.54) is 0 Å². The number of hydrogen-bond acceptors (Lipinski definition) is 0. The van der Waals surface area contributed by atoms with Crippen molar-refractivity contribution in [1.82, 2.24) is 0 Å². The summed E-state index contributed by atoms with van der Waals surface area (Å²) in [5.74, 6) is 0.475. The molecule has 1 aliphatic rings. The van der Waals surface area contributed by atoms with Crippen LogP contribution >= 0.6 is 23.2 Å². The third-order valence-electron chi connectivity index (χ3n) is 1.39. The fourth-order valence-electron chi connectivity index (χ4n) is 0.635. The van der Waals surface area contributed by atoms with Gasteiger partial charge < -0.3 is 0 Å². The molecule has 0 aliphatic heterocycles. The molecule has 0 aromatic carbocycles. The van der Waals surface area contributed by atoms with Crippen LogP contribution in [0.2, 0.25) is 0 Å². The maximum atomic E-state index is 5.77. The van der Waals surface area contributed by atoms with Crippen molar-refractivity contribution in [3.8, 4) is 0 Å². The average Bonchev–Trinajstić information content (AvgIpc) is 2.44. The minimum Gasteiger partial charge on any atom is -0.100 e. The molecular formula is C6H8Cl2. The van der Waals surface area contributed by atoms with Crippen molar-refractivity contribution in [3.05, 3.63) is 12.7 Å². The molecular weight excluding hydrogens is 143 g/mol. The SMILES string of the molecule is C=CC(Cl)(Cl)C1CC1. The highest BCUT2D eigenvalue weighted by molar-refractivity contribution is 6.50. The number of rotatable bonds is 2. The summed E-state index contributed by atoms with van der Waals surface area (Å²) in [5.41, 5.74) is 0. The fraction of sp³-hybridized carbons (Fsp3) is 0.667. The quantitative estimate of drug-likeness (QED) is 0.420. The van der Waals surface area contributed by atoms with E-state index in [9.17, 15) is 0 Å². The van der Waals surface area contributed by atoms with Gasteiger partial charge in [0.15, 0.2) is 0 Å². The average molecular weight is 151 g/mol. The first kappa shape index (κ1) is 6.44.